The lowest BCUT2D eigenvalue weighted by Crippen LogP contribution is -2.37. The quantitative estimate of drug-likeness (QED) is 0.878. The molecule has 1 aliphatic rings. The fourth-order valence-corrected chi connectivity index (χ4v) is 2.43. The number of ether oxygens (including phenoxy) is 2. The number of amides is 1. The predicted molar refractivity (Wildman–Crippen MR) is 86.1 cm³/mol. The van der Waals surface area contributed by atoms with Crippen LogP contribution in [0.3, 0.4) is 0 Å². The summed E-state index contributed by atoms with van der Waals surface area (Å²) in [6, 6.07) is 8.52. The van der Waals surface area contributed by atoms with E-state index in [1.165, 1.54) is 0 Å². The zero-order chi connectivity index (χ0) is 16.3. The minimum absolute atomic E-state index is 0.131. The normalized spacial score (nSPS) is 21.9. The van der Waals surface area contributed by atoms with Crippen LogP contribution in [0.5, 0.6) is 5.75 Å². The van der Waals surface area contributed by atoms with Gasteiger partial charge in [-0.05, 0) is 40.2 Å². The molecule has 1 aliphatic carbocycles. The predicted octanol–water partition coefficient (Wildman–Crippen LogP) is 3.01. The van der Waals surface area contributed by atoms with Crippen molar-refractivity contribution < 1.29 is 14.3 Å². The summed E-state index contributed by atoms with van der Waals surface area (Å²) >= 11 is 0. The third kappa shape index (κ3) is 4.63. The zero-order valence-electron chi connectivity index (χ0n) is 14.0. The lowest BCUT2D eigenvalue weighted by Gasteiger charge is -2.20. The third-order valence-electron chi connectivity index (χ3n) is 3.56. The van der Waals surface area contributed by atoms with Gasteiger partial charge in [0.2, 0.25) is 0 Å². The van der Waals surface area contributed by atoms with Gasteiger partial charge in [-0.15, -0.1) is 0 Å². The average molecular weight is 306 g/mol. The molecule has 1 aromatic rings. The first-order valence-corrected chi connectivity index (χ1v) is 7.68. The topological polar surface area (TPSA) is 59.6 Å². The molecule has 0 saturated heterocycles. The highest BCUT2D eigenvalue weighted by Crippen LogP contribution is 2.29. The second kappa shape index (κ2) is 6.57. The van der Waals surface area contributed by atoms with Crippen molar-refractivity contribution in [2.45, 2.75) is 57.8 Å². The molecule has 1 saturated carbocycles. The minimum atomic E-state index is -0.466. The van der Waals surface area contributed by atoms with Gasteiger partial charge >= 0.3 is 6.09 Å². The Balaban J connectivity index is 1.83. The smallest absolute Gasteiger partial charge is 0.407 e. The van der Waals surface area contributed by atoms with Gasteiger partial charge in [-0.2, -0.15) is 0 Å². The molecule has 0 spiro atoms. The second-order valence-corrected chi connectivity index (χ2v) is 6.73. The Morgan fingerprint density at radius 1 is 1.27 bits per heavy atom. The molecule has 1 fully saturated rings. The zero-order valence-corrected chi connectivity index (χ0v) is 14.0. The number of para-hydroxylation sites is 1. The van der Waals surface area contributed by atoms with E-state index in [-0.39, 0.29) is 24.2 Å². The van der Waals surface area contributed by atoms with Gasteiger partial charge in [0.15, 0.2) is 0 Å². The summed E-state index contributed by atoms with van der Waals surface area (Å²) in [5, 5.41) is 6.40. The van der Waals surface area contributed by atoms with Gasteiger partial charge in [0.1, 0.15) is 11.4 Å². The van der Waals surface area contributed by atoms with E-state index in [9.17, 15) is 4.79 Å². The first-order valence-electron chi connectivity index (χ1n) is 7.68. The number of rotatable bonds is 5. The third-order valence-corrected chi connectivity index (χ3v) is 3.56. The molecule has 0 aliphatic heterocycles. The van der Waals surface area contributed by atoms with Crippen LogP contribution in [0.4, 0.5) is 4.79 Å². The summed E-state index contributed by atoms with van der Waals surface area (Å²) in [4.78, 5) is 11.7. The van der Waals surface area contributed by atoms with Gasteiger partial charge in [-0.25, -0.2) is 4.79 Å². The highest BCUT2D eigenvalue weighted by atomic mass is 16.6. The summed E-state index contributed by atoms with van der Waals surface area (Å²) < 4.78 is 10.7. The summed E-state index contributed by atoms with van der Waals surface area (Å²) in [6.45, 7) is 7.68. The molecule has 122 valence electrons. The van der Waals surface area contributed by atoms with Gasteiger partial charge in [-0.3, -0.25) is 0 Å². The number of hydrogen-bond acceptors (Lipinski definition) is 4. The molecule has 0 heterocycles. The lowest BCUT2D eigenvalue weighted by atomic mass is 10.1. The molecule has 22 heavy (non-hydrogen) atoms. The van der Waals surface area contributed by atoms with E-state index in [1.54, 1.807) is 7.11 Å². The fraction of sp³-hybridized carbons (Fsp3) is 0.588. The van der Waals surface area contributed by atoms with Crippen LogP contribution >= 0.6 is 0 Å². The fourth-order valence-electron chi connectivity index (χ4n) is 2.43. The van der Waals surface area contributed by atoms with Gasteiger partial charge in [-0.1, -0.05) is 18.2 Å². The Hall–Kier alpha value is -1.75. The average Bonchev–Trinajstić information content (AvgIpc) is 3.13. The van der Waals surface area contributed by atoms with Crippen molar-refractivity contribution in [3.05, 3.63) is 29.8 Å². The van der Waals surface area contributed by atoms with Crippen LogP contribution in [0, 0.1) is 0 Å². The van der Waals surface area contributed by atoms with Crippen LogP contribution in [0.1, 0.15) is 45.7 Å². The van der Waals surface area contributed by atoms with E-state index in [0.717, 1.165) is 17.7 Å². The molecule has 0 bridgehead atoms. The molecule has 2 N–H and O–H groups in total. The first kappa shape index (κ1) is 16.6. The molecule has 1 aromatic carbocycles. The van der Waals surface area contributed by atoms with Crippen molar-refractivity contribution >= 4 is 6.09 Å². The maximum Gasteiger partial charge on any atom is 0.407 e. The molecular formula is C17H26N2O3. The Morgan fingerprint density at radius 2 is 1.95 bits per heavy atom. The van der Waals surface area contributed by atoms with Gasteiger partial charge < -0.3 is 20.1 Å². The summed E-state index contributed by atoms with van der Waals surface area (Å²) in [5.74, 6) is 0.875. The molecular weight excluding hydrogens is 280 g/mol. The molecule has 3 unspecified atom stereocenters. The summed E-state index contributed by atoms with van der Waals surface area (Å²) in [6.07, 6.45) is 0.561. The summed E-state index contributed by atoms with van der Waals surface area (Å²) in [5.41, 5.74) is 0.653. The van der Waals surface area contributed by atoms with Gasteiger partial charge in [0.25, 0.3) is 0 Å². The van der Waals surface area contributed by atoms with Crippen LogP contribution in [-0.4, -0.2) is 30.9 Å². The molecule has 0 aromatic heterocycles. The van der Waals surface area contributed by atoms with Gasteiger partial charge in [0, 0.05) is 23.7 Å². The number of hydrogen-bond donors (Lipinski definition) is 2. The highest BCUT2D eigenvalue weighted by molar-refractivity contribution is 5.68. The van der Waals surface area contributed by atoms with E-state index in [2.05, 4.69) is 23.6 Å². The molecule has 3 atom stereocenters. The standard InChI is InChI=1S/C17H26N2O3/c1-11(12-8-6-7-9-15(12)21-5)18-13-10-14(13)19-16(20)22-17(2,3)4/h6-9,11,13-14,18H,10H2,1-5H3,(H,19,20). The van der Waals surface area contributed by atoms with Crippen LogP contribution < -0.4 is 15.4 Å². The van der Waals surface area contributed by atoms with Crippen molar-refractivity contribution in [1.82, 2.24) is 10.6 Å². The van der Waals surface area contributed by atoms with Crippen LogP contribution in [0.2, 0.25) is 0 Å². The first-order chi connectivity index (χ1) is 10.3. The van der Waals surface area contributed by atoms with Crippen molar-refractivity contribution in [1.29, 1.82) is 0 Å². The Kier molecular flexibility index (Phi) is 4.96. The molecule has 5 nitrogen and oxygen atoms in total. The largest absolute Gasteiger partial charge is 0.496 e. The van der Waals surface area contributed by atoms with Crippen molar-refractivity contribution in [3.63, 3.8) is 0 Å². The van der Waals surface area contributed by atoms with Crippen molar-refractivity contribution in [2.75, 3.05) is 7.11 Å². The number of benzene rings is 1. The van der Waals surface area contributed by atoms with Crippen LogP contribution in [0.15, 0.2) is 24.3 Å². The Morgan fingerprint density at radius 3 is 2.59 bits per heavy atom. The van der Waals surface area contributed by atoms with E-state index < -0.39 is 5.60 Å². The number of alkyl carbamates (subject to hydrolysis) is 1. The summed E-state index contributed by atoms with van der Waals surface area (Å²) in [7, 11) is 1.68. The van der Waals surface area contributed by atoms with E-state index in [4.69, 9.17) is 9.47 Å². The number of methoxy groups -OCH3 is 1. The Bertz CT molecular complexity index is 525. The highest BCUT2D eigenvalue weighted by Gasteiger charge is 2.40. The lowest BCUT2D eigenvalue weighted by molar-refractivity contribution is 0.0522. The van der Waals surface area contributed by atoms with Gasteiger partial charge in [0.05, 0.1) is 7.11 Å². The van der Waals surface area contributed by atoms with E-state index in [1.807, 2.05) is 39.0 Å². The molecule has 5 heteroatoms. The second-order valence-electron chi connectivity index (χ2n) is 6.73. The number of nitrogens with one attached hydrogen (secondary N) is 2. The molecule has 1 amide bonds. The van der Waals surface area contributed by atoms with Crippen molar-refractivity contribution in [3.8, 4) is 5.75 Å². The molecule has 2 rings (SSSR count). The minimum Gasteiger partial charge on any atom is -0.496 e. The van der Waals surface area contributed by atoms with Crippen molar-refractivity contribution in [2.24, 2.45) is 0 Å². The van der Waals surface area contributed by atoms with Crippen LogP contribution in [0.25, 0.3) is 0 Å². The van der Waals surface area contributed by atoms with E-state index >= 15 is 0 Å². The monoisotopic (exact) mass is 306 g/mol. The number of carbonyl (C=O) groups excluding carboxylic acids is 1. The Labute approximate surface area is 132 Å². The van der Waals surface area contributed by atoms with E-state index in [0.29, 0.717) is 0 Å². The number of carbonyl (C=O) groups is 1. The van der Waals surface area contributed by atoms with Crippen LogP contribution in [-0.2, 0) is 4.74 Å². The molecule has 0 radical (unpaired) electrons. The maximum atomic E-state index is 11.7. The maximum absolute atomic E-state index is 11.7. The SMILES string of the molecule is COc1ccccc1C(C)NC1CC1NC(=O)OC(C)(C)C.